The number of nitrogens with one attached hydrogen (secondary N) is 1. The summed E-state index contributed by atoms with van der Waals surface area (Å²) in [6.45, 7) is -1.37. The number of ether oxygens (including phenoxy) is 1. The van der Waals surface area contributed by atoms with Gasteiger partial charge in [0.05, 0.1) is 13.7 Å². The Morgan fingerprint density at radius 1 is 1.39 bits per heavy atom. The van der Waals surface area contributed by atoms with Crippen LogP contribution >= 0.6 is 0 Å². The third-order valence-corrected chi connectivity index (χ3v) is 2.20. The molecule has 0 spiro atoms. The normalized spacial score (nSPS) is 13.1. The van der Waals surface area contributed by atoms with Crippen LogP contribution in [-0.4, -0.2) is 30.9 Å². The number of alkyl halides is 3. The minimum absolute atomic E-state index is 0.229. The van der Waals surface area contributed by atoms with Crippen molar-refractivity contribution in [1.82, 2.24) is 5.32 Å². The van der Waals surface area contributed by atoms with Gasteiger partial charge in [0.2, 0.25) is 0 Å². The molecule has 0 amide bonds. The van der Waals surface area contributed by atoms with Crippen LogP contribution in [0.1, 0.15) is 11.6 Å². The highest BCUT2D eigenvalue weighted by atomic mass is 19.4. The molecule has 1 rings (SSSR count). The lowest BCUT2D eigenvalue weighted by molar-refractivity contribution is -0.143. The first kappa shape index (κ1) is 14.3. The second-order valence-electron chi connectivity index (χ2n) is 3.54. The summed E-state index contributed by atoms with van der Waals surface area (Å²) in [5.74, 6) is -0.872. The first-order chi connectivity index (χ1) is 8.33. The molecule has 100 valence electrons. The predicted molar refractivity (Wildman–Crippen MR) is 57.4 cm³/mol. The van der Waals surface area contributed by atoms with Gasteiger partial charge in [-0.3, -0.25) is 10.1 Å². The second-order valence-corrected chi connectivity index (χ2v) is 3.54. The second kappa shape index (κ2) is 5.72. The summed E-state index contributed by atoms with van der Waals surface area (Å²) in [5, 5.41) is 10.8. The maximum atomic E-state index is 12.0. The summed E-state index contributed by atoms with van der Waals surface area (Å²) in [6, 6.07) is 4.38. The Balaban J connectivity index is 2.80. The van der Waals surface area contributed by atoms with Crippen molar-refractivity contribution < 1.29 is 27.8 Å². The highest BCUT2D eigenvalue weighted by molar-refractivity contribution is 5.75. The van der Waals surface area contributed by atoms with Gasteiger partial charge < -0.3 is 9.84 Å². The van der Waals surface area contributed by atoms with Gasteiger partial charge in [-0.1, -0.05) is 12.1 Å². The zero-order chi connectivity index (χ0) is 13.8. The number of halogens is 3. The lowest BCUT2D eigenvalue weighted by Crippen LogP contribution is -2.35. The minimum atomic E-state index is -4.46. The van der Waals surface area contributed by atoms with Crippen molar-refractivity contribution >= 4 is 5.97 Å². The lowest BCUT2D eigenvalue weighted by Gasteiger charge is -2.16. The Morgan fingerprint density at radius 2 is 1.94 bits per heavy atom. The zero-order valence-corrected chi connectivity index (χ0v) is 9.49. The van der Waals surface area contributed by atoms with E-state index < -0.39 is 24.7 Å². The van der Waals surface area contributed by atoms with Gasteiger partial charge in [0.1, 0.15) is 11.8 Å². The van der Waals surface area contributed by atoms with Gasteiger partial charge >= 0.3 is 12.1 Å². The van der Waals surface area contributed by atoms with Crippen LogP contribution in [0.15, 0.2) is 24.3 Å². The number of carbonyl (C=O) groups is 1. The molecule has 0 saturated carbocycles. The van der Waals surface area contributed by atoms with Crippen LogP contribution < -0.4 is 10.1 Å². The Hall–Kier alpha value is -1.76. The fraction of sp³-hybridized carbons (Fsp3) is 0.364. The van der Waals surface area contributed by atoms with E-state index in [2.05, 4.69) is 0 Å². The average molecular weight is 263 g/mol. The molecule has 1 unspecified atom stereocenters. The van der Waals surface area contributed by atoms with E-state index in [0.717, 1.165) is 0 Å². The van der Waals surface area contributed by atoms with E-state index in [1.165, 1.54) is 31.4 Å². The van der Waals surface area contributed by atoms with Gasteiger partial charge in [-0.15, -0.1) is 0 Å². The van der Waals surface area contributed by atoms with Gasteiger partial charge in [-0.25, -0.2) is 0 Å². The Labute approximate surface area is 101 Å². The number of carboxylic acids is 1. The zero-order valence-electron chi connectivity index (χ0n) is 9.49. The molecule has 4 nitrogen and oxygen atoms in total. The van der Waals surface area contributed by atoms with Crippen molar-refractivity contribution in [2.75, 3.05) is 13.7 Å². The van der Waals surface area contributed by atoms with Gasteiger partial charge in [-0.2, -0.15) is 13.2 Å². The Bertz CT molecular complexity index is 403. The van der Waals surface area contributed by atoms with Crippen molar-refractivity contribution in [3.63, 3.8) is 0 Å². The number of benzene rings is 1. The average Bonchev–Trinajstić information content (AvgIpc) is 2.28. The monoisotopic (exact) mass is 263 g/mol. The SMILES string of the molecule is COc1ccc(C(NCC(F)(F)F)C(=O)O)cc1. The molecule has 0 aliphatic rings. The first-order valence-electron chi connectivity index (χ1n) is 5.00. The van der Waals surface area contributed by atoms with E-state index in [-0.39, 0.29) is 5.56 Å². The van der Waals surface area contributed by atoms with E-state index in [0.29, 0.717) is 5.75 Å². The molecular weight excluding hydrogens is 251 g/mol. The molecule has 0 aliphatic carbocycles. The number of aliphatic carboxylic acids is 1. The van der Waals surface area contributed by atoms with Crippen LogP contribution in [-0.2, 0) is 4.79 Å². The molecule has 0 saturated heterocycles. The lowest BCUT2D eigenvalue weighted by atomic mass is 10.1. The maximum Gasteiger partial charge on any atom is 0.401 e. The van der Waals surface area contributed by atoms with E-state index in [1.807, 2.05) is 5.32 Å². The number of carboxylic acid groups (broad SMARTS) is 1. The summed E-state index contributed by atoms with van der Waals surface area (Å²) < 4.78 is 41.0. The van der Waals surface area contributed by atoms with Crippen molar-refractivity contribution in [3.8, 4) is 5.75 Å². The van der Waals surface area contributed by atoms with E-state index in [9.17, 15) is 18.0 Å². The molecule has 1 aromatic rings. The Kier molecular flexibility index (Phi) is 4.55. The molecule has 1 aromatic carbocycles. The summed E-state index contributed by atoms with van der Waals surface area (Å²) in [4.78, 5) is 10.9. The van der Waals surface area contributed by atoms with Gasteiger partial charge in [0.15, 0.2) is 0 Å². The van der Waals surface area contributed by atoms with E-state index in [4.69, 9.17) is 9.84 Å². The molecule has 2 N–H and O–H groups in total. The number of rotatable bonds is 5. The number of hydrogen-bond donors (Lipinski definition) is 2. The third kappa shape index (κ3) is 4.25. The molecular formula is C11H12F3NO3. The van der Waals surface area contributed by atoms with Crippen molar-refractivity contribution in [2.45, 2.75) is 12.2 Å². The van der Waals surface area contributed by atoms with E-state index in [1.54, 1.807) is 0 Å². The van der Waals surface area contributed by atoms with Crippen molar-refractivity contribution in [3.05, 3.63) is 29.8 Å². The number of methoxy groups -OCH3 is 1. The first-order valence-corrected chi connectivity index (χ1v) is 5.00. The summed E-state index contributed by atoms with van der Waals surface area (Å²) in [5.41, 5.74) is 0.229. The van der Waals surface area contributed by atoms with Crippen LogP contribution in [0.4, 0.5) is 13.2 Å². The molecule has 0 aromatic heterocycles. The van der Waals surface area contributed by atoms with Gasteiger partial charge in [0, 0.05) is 0 Å². The fourth-order valence-electron chi connectivity index (χ4n) is 1.36. The largest absolute Gasteiger partial charge is 0.497 e. The molecule has 0 aliphatic heterocycles. The summed E-state index contributed by atoms with van der Waals surface area (Å²) in [7, 11) is 1.44. The van der Waals surface area contributed by atoms with Crippen LogP contribution in [0.5, 0.6) is 5.75 Å². The fourth-order valence-corrected chi connectivity index (χ4v) is 1.36. The molecule has 0 fully saturated rings. The van der Waals surface area contributed by atoms with Gasteiger partial charge in [0.25, 0.3) is 0 Å². The van der Waals surface area contributed by atoms with Gasteiger partial charge in [-0.05, 0) is 17.7 Å². The standard InChI is InChI=1S/C11H12F3NO3/c1-18-8-4-2-7(3-5-8)9(10(16)17)15-6-11(12,13)14/h2-5,9,15H,6H2,1H3,(H,16,17). The van der Waals surface area contributed by atoms with E-state index >= 15 is 0 Å². The molecule has 0 radical (unpaired) electrons. The molecule has 1 atom stereocenters. The molecule has 0 heterocycles. The number of hydrogen-bond acceptors (Lipinski definition) is 3. The molecule has 0 bridgehead atoms. The Morgan fingerprint density at radius 3 is 2.33 bits per heavy atom. The molecule has 18 heavy (non-hydrogen) atoms. The van der Waals surface area contributed by atoms with Crippen LogP contribution in [0.3, 0.4) is 0 Å². The van der Waals surface area contributed by atoms with Crippen molar-refractivity contribution in [1.29, 1.82) is 0 Å². The molecule has 7 heteroatoms. The summed E-state index contributed by atoms with van der Waals surface area (Å²) in [6.07, 6.45) is -4.46. The third-order valence-electron chi connectivity index (χ3n) is 2.20. The van der Waals surface area contributed by atoms with Crippen molar-refractivity contribution in [2.24, 2.45) is 0 Å². The maximum absolute atomic E-state index is 12.0. The van der Waals surface area contributed by atoms with Crippen LogP contribution in [0.2, 0.25) is 0 Å². The minimum Gasteiger partial charge on any atom is -0.497 e. The predicted octanol–water partition coefficient (Wildman–Crippen LogP) is 1.97. The highest BCUT2D eigenvalue weighted by Crippen LogP contribution is 2.20. The quantitative estimate of drug-likeness (QED) is 0.852. The summed E-state index contributed by atoms with van der Waals surface area (Å²) >= 11 is 0. The highest BCUT2D eigenvalue weighted by Gasteiger charge is 2.30. The topological polar surface area (TPSA) is 58.6 Å². The smallest absolute Gasteiger partial charge is 0.401 e. The van der Waals surface area contributed by atoms with Crippen LogP contribution in [0.25, 0.3) is 0 Å². The van der Waals surface area contributed by atoms with Crippen LogP contribution in [0, 0.1) is 0 Å².